The lowest BCUT2D eigenvalue weighted by atomic mass is 10.1. The number of nitrogens with two attached hydrogens (primary N) is 1. The molecule has 0 bridgehead atoms. The molecule has 1 aromatic rings. The minimum atomic E-state index is -0.418. The van der Waals surface area contributed by atoms with E-state index in [1.807, 2.05) is 11.9 Å². The van der Waals surface area contributed by atoms with E-state index in [0.29, 0.717) is 19.6 Å². The Morgan fingerprint density at radius 2 is 2.05 bits per heavy atom. The Kier molecular flexibility index (Phi) is 4.19. The Labute approximate surface area is 116 Å². The first kappa shape index (κ1) is 14.3. The topological polar surface area (TPSA) is 99.5 Å². The molecule has 1 aliphatic rings. The van der Waals surface area contributed by atoms with Crippen molar-refractivity contribution in [3.63, 3.8) is 0 Å². The van der Waals surface area contributed by atoms with Crippen molar-refractivity contribution < 1.29 is 9.59 Å². The molecule has 0 spiro atoms. The summed E-state index contributed by atoms with van der Waals surface area (Å²) in [6.07, 6.45) is 0. The molecule has 0 radical (unpaired) electrons. The van der Waals surface area contributed by atoms with Crippen molar-refractivity contribution in [3.8, 4) is 0 Å². The molecule has 3 N–H and O–H groups in total. The summed E-state index contributed by atoms with van der Waals surface area (Å²) in [5.74, 6) is -1.11. The van der Waals surface area contributed by atoms with Gasteiger partial charge in [0.25, 0.3) is 5.91 Å². The number of hydrogen-bond donors (Lipinski definition) is 2. The normalized spacial score (nSPS) is 20.4. The molecule has 0 unspecified atom stereocenters. The number of carbonyl (C=O) groups is 2. The molecule has 20 heavy (non-hydrogen) atoms. The molecular formula is C13H18N4O3. The highest BCUT2D eigenvalue weighted by atomic mass is 16.2. The predicted octanol–water partition coefficient (Wildman–Crippen LogP) is -1.14. The largest absolute Gasteiger partial charge is 0.369 e. The highest BCUT2D eigenvalue weighted by Crippen LogP contribution is 2.10. The molecule has 0 saturated carbocycles. The molecule has 0 aromatic carbocycles. The van der Waals surface area contributed by atoms with Crippen molar-refractivity contribution in [1.29, 1.82) is 0 Å². The standard InChI is InChI=1S/C13H18N4O3/c1-16-5-6-17(8-9(7-16)12(14)19)13(20)10-3-2-4-11(18)15-10/h2-4,9H,5-8H2,1H3,(H2,14,19)(H,15,18)/t9-/m0/s1. The van der Waals surface area contributed by atoms with Crippen LogP contribution in [0.5, 0.6) is 0 Å². The Bertz CT molecular complexity index is 569. The summed E-state index contributed by atoms with van der Waals surface area (Å²) in [4.78, 5) is 41.1. The lowest BCUT2D eigenvalue weighted by Crippen LogP contribution is -2.40. The second-order valence-corrected chi connectivity index (χ2v) is 5.04. The van der Waals surface area contributed by atoms with Crippen LogP contribution in [-0.4, -0.2) is 59.8 Å². The van der Waals surface area contributed by atoms with E-state index < -0.39 is 11.8 Å². The van der Waals surface area contributed by atoms with E-state index in [0.717, 1.165) is 0 Å². The molecular weight excluding hydrogens is 260 g/mol. The molecule has 2 rings (SSSR count). The van der Waals surface area contributed by atoms with Crippen LogP contribution in [0.4, 0.5) is 0 Å². The molecule has 108 valence electrons. The first-order chi connectivity index (χ1) is 9.47. The van der Waals surface area contributed by atoms with Gasteiger partial charge in [0.15, 0.2) is 0 Å². The Hall–Kier alpha value is -2.15. The van der Waals surface area contributed by atoms with E-state index >= 15 is 0 Å². The van der Waals surface area contributed by atoms with Gasteiger partial charge in [-0.25, -0.2) is 0 Å². The average Bonchev–Trinajstić information content (AvgIpc) is 2.60. The van der Waals surface area contributed by atoms with Crippen LogP contribution < -0.4 is 11.3 Å². The lowest BCUT2D eigenvalue weighted by Gasteiger charge is -2.22. The van der Waals surface area contributed by atoms with Crippen molar-refractivity contribution in [2.24, 2.45) is 11.7 Å². The Morgan fingerprint density at radius 1 is 1.30 bits per heavy atom. The number of aromatic nitrogens is 1. The third-order valence-electron chi connectivity index (χ3n) is 3.41. The third kappa shape index (κ3) is 3.24. The molecule has 2 heterocycles. The van der Waals surface area contributed by atoms with E-state index in [2.05, 4.69) is 4.98 Å². The highest BCUT2D eigenvalue weighted by Gasteiger charge is 2.28. The number of H-pyrrole nitrogens is 1. The summed E-state index contributed by atoms with van der Waals surface area (Å²) in [5.41, 5.74) is 5.26. The zero-order valence-corrected chi connectivity index (χ0v) is 11.3. The van der Waals surface area contributed by atoms with Gasteiger partial charge < -0.3 is 20.5 Å². The van der Waals surface area contributed by atoms with Crippen molar-refractivity contribution in [2.45, 2.75) is 0 Å². The summed E-state index contributed by atoms with van der Waals surface area (Å²) < 4.78 is 0. The van der Waals surface area contributed by atoms with Gasteiger partial charge in [-0.3, -0.25) is 14.4 Å². The lowest BCUT2D eigenvalue weighted by molar-refractivity contribution is -0.122. The van der Waals surface area contributed by atoms with Gasteiger partial charge in [-0.15, -0.1) is 0 Å². The number of pyridine rings is 1. The number of nitrogens with zero attached hydrogens (tertiary/aromatic N) is 2. The van der Waals surface area contributed by atoms with E-state index in [1.165, 1.54) is 12.1 Å². The van der Waals surface area contributed by atoms with Gasteiger partial charge >= 0.3 is 0 Å². The molecule has 1 atom stereocenters. The fraction of sp³-hybridized carbons (Fsp3) is 0.462. The average molecular weight is 278 g/mol. The maximum absolute atomic E-state index is 12.4. The van der Waals surface area contributed by atoms with E-state index in [9.17, 15) is 14.4 Å². The van der Waals surface area contributed by atoms with Crippen LogP contribution >= 0.6 is 0 Å². The summed E-state index contributed by atoms with van der Waals surface area (Å²) in [5, 5.41) is 0. The van der Waals surface area contributed by atoms with Crippen molar-refractivity contribution in [2.75, 3.05) is 33.2 Å². The molecule has 2 amide bonds. The Balaban J connectivity index is 2.20. The Morgan fingerprint density at radius 3 is 2.70 bits per heavy atom. The minimum Gasteiger partial charge on any atom is -0.369 e. The smallest absolute Gasteiger partial charge is 0.270 e. The summed E-state index contributed by atoms with van der Waals surface area (Å²) in [7, 11) is 1.88. The van der Waals surface area contributed by atoms with Crippen LogP contribution in [0.25, 0.3) is 0 Å². The molecule has 1 saturated heterocycles. The van der Waals surface area contributed by atoms with Gasteiger partial charge in [-0.05, 0) is 13.1 Å². The van der Waals surface area contributed by atoms with Crippen LogP contribution in [0.2, 0.25) is 0 Å². The van der Waals surface area contributed by atoms with Gasteiger partial charge in [0.05, 0.1) is 5.92 Å². The molecule has 0 aliphatic carbocycles. The number of amides is 2. The first-order valence-corrected chi connectivity index (χ1v) is 6.44. The van der Waals surface area contributed by atoms with Crippen LogP contribution in [0.3, 0.4) is 0 Å². The maximum Gasteiger partial charge on any atom is 0.270 e. The zero-order chi connectivity index (χ0) is 14.7. The number of rotatable bonds is 2. The first-order valence-electron chi connectivity index (χ1n) is 6.44. The number of hydrogen-bond acceptors (Lipinski definition) is 4. The fourth-order valence-electron chi connectivity index (χ4n) is 2.28. The summed E-state index contributed by atoms with van der Waals surface area (Å²) in [6, 6.07) is 4.43. The SMILES string of the molecule is CN1CCN(C(=O)c2cccc(=O)[nH]2)C[C@@H](C(N)=O)C1. The second-order valence-electron chi connectivity index (χ2n) is 5.04. The van der Waals surface area contributed by atoms with Crippen LogP contribution in [0, 0.1) is 5.92 Å². The van der Waals surface area contributed by atoms with Gasteiger partial charge in [0, 0.05) is 32.2 Å². The van der Waals surface area contributed by atoms with Crippen LogP contribution in [0.15, 0.2) is 23.0 Å². The zero-order valence-electron chi connectivity index (χ0n) is 11.3. The maximum atomic E-state index is 12.4. The fourth-order valence-corrected chi connectivity index (χ4v) is 2.28. The van der Waals surface area contributed by atoms with Crippen LogP contribution in [-0.2, 0) is 4.79 Å². The number of carbonyl (C=O) groups excluding carboxylic acids is 2. The molecule has 1 fully saturated rings. The number of primary amides is 1. The third-order valence-corrected chi connectivity index (χ3v) is 3.41. The second kappa shape index (κ2) is 5.87. The molecule has 7 heteroatoms. The summed E-state index contributed by atoms with van der Waals surface area (Å²) in [6.45, 7) is 1.96. The van der Waals surface area contributed by atoms with E-state index in [1.54, 1.807) is 11.0 Å². The predicted molar refractivity (Wildman–Crippen MR) is 73.1 cm³/mol. The number of likely N-dealkylation sites (N-methyl/N-ethyl adjacent to an activating group) is 1. The van der Waals surface area contributed by atoms with Crippen LogP contribution in [0.1, 0.15) is 10.5 Å². The van der Waals surface area contributed by atoms with Crippen molar-refractivity contribution in [3.05, 3.63) is 34.2 Å². The number of aromatic amines is 1. The van der Waals surface area contributed by atoms with Gasteiger partial charge in [0.2, 0.25) is 11.5 Å². The van der Waals surface area contributed by atoms with Gasteiger partial charge in [-0.2, -0.15) is 0 Å². The van der Waals surface area contributed by atoms with Gasteiger partial charge in [0.1, 0.15) is 5.69 Å². The summed E-state index contributed by atoms with van der Waals surface area (Å²) >= 11 is 0. The van der Waals surface area contributed by atoms with Gasteiger partial charge in [-0.1, -0.05) is 6.07 Å². The molecule has 1 aromatic heterocycles. The highest BCUT2D eigenvalue weighted by molar-refractivity contribution is 5.92. The molecule has 1 aliphatic heterocycles. The van der Waals surface area contributed by atoms with E-state index in [4.69, 9.17) is 5.73 Å². The minimum absolute atomic E-state index is 0.227. The quantitative estimate of drug-likeness (QED) is 0.714. The monoisotopic (exact) mass is 278 g/mol. The van der Waals surface area contributed by atoms with Crippen molar-refractivity contribution >= 4 is 11.8 Å². The van der Waals surface area contributed by atoms with E-state index in [-0.39, 0.29) is 23.7 Å². The number of nitrogens with one attached hydrogen (secondary N) is 1. The molecule has 7 nitrogen and oxygen atoms in total. The van der Waals surface area contributed by atoms with Crippen molar-refractivity contribution in [1.82, 2.24) is 14.8 Å².